The molecule has 1 N–H and O–H groups in total. The van der Waals surface area contributed by atoms with E-state index in [2.05, 4.69) is 10.3 Å². The summed E-state index contributed by atoms with van der Waals surface area (Å²) in [6, 6.07) is 9.61. The Bertz CT molecular complexity index is 1050. The summed E-state index contributed by atoms with van der Waals surface area (Å²) in [6.45, 7) is 7.20. The van der Waals surface area contributed by atoms with Crippen molar-refractivity contribution in [3.8, 4) is 22.3 Å². The number of aromatic nitrogens is 1. The number of hydrogen-bond donors (Lipinski definition) is 1. The van der Waals surface area contributed by atoms with Crippen LogP contribution < -0.4 is 14.8 Å². The van der Waals surface area contributed by atoms with E-state index in [9.17, 15) is 9.00 Å². The summed E-state index contributed by atoms with van der Waals surface area (Å²) < 4.78 is 29.3. The number of thiophene rings is 1. The smallest absolute Gasteiger partial charge is 0.236 e. The molecule has 0 saturated carbocycles. The van der Waals surface area contributed by atoms with Crippen molar-refractivity contribution in [2.24, 2.45) is 0 Å². The molecule has 0 spiro atoms. The van der Waals surface area contributed by atoms with E-state index in [1.54, 1.807) is 6.92 Å². The van der Waals surface area contributed by atoms with Crippen molar-refractivity contribution in [3.63, 3.8) is 0 Å². The minimum atomic E-state index is -1.37. The van der Waals surface area contributed by atoms with Gasteiger partial charge in [-0.1, -0.05) is 12.1 Å². The van der Waals surface area contributed by atoms with Crippen molar-refractivity contribution in [2.45, 2.75) is 32.9 Å². The molecule has 0 aliphatic rings. The fourth-order valence-corrected chi connectivity index (χ4v) is 4.78. The van der Waals surface area contributed by atoms with E-state index >= 15 is 0 Å². The number of ether oxygens (including phenoxy) is 2. The molecule has 3 aromatic rings. The highest BCUT2D eigenvalue weighted by atomic mass is 32.2. The third-order valence-electron chi connectivity index (χ3n) is 4.56. The van der Waals surface area contributed by atoms with E-state index < -0.39 is 10.8 Å². The molecule has 0 saturated heterocycles. The summed E-state index contributed by atoms with van der Waals surface area (Å²) in [5.41, 5.74) is 1.65. The lowest BCUT2D eigenvalue weighted by molar-refractivity contribution is -0.118. The van der Waals surface area contributed by atoms with Crippen LogP contribution in [0.2, 0.25) is 0 Å². The molecule has 1 amide bonds. The van der Waals surface area contributed by atoms with Crippen LogP contribution in [0.15, 0.2) is 40.1 Å². The fraction of sp³-hybridized carbons (Fsp3) is 0.391. The zero-order chi connectivity index (χ0) is 22.9. The average Bonchev–Trinajstić information content (AvgIpc) is 3.40. The molecule has 1 atom stereocenters. The first-order chi connectivity index (χ1) is 15.5. The van der Waals surface area contributed by atoms with Crippen LogP contribution in [0.4, 0.5) is 0 Å². The summed E-state index contributed by atoms with van der Waals surface area (Å²) in [4.78, 5) is 17.6. The maximum absolute atomic E-state index is 12.5. The van der Waals surface area contributed by atoms with Crippen LogP contribution in [0.1, 0.15) is 30.9 Å². The lowest BCUT2D eigenvalue weighted by Crippen LogP contribution is -2.30. The number of nitrogens with one attached hydrogen (secondary N) is 1. The minimum absolute atomic E-state index is 0.0753. The third-order valence-corrected chi connectivity index (χ3v) is 6.60. The molecule has 0 fully saturated rings. The molecule has 3 rings (SSSR count). The van der Waals surface area contributed by atoms with Crippen LogP contribution in [0, 0.1) is 6.92 Å². The summed E-state index contributed by atoms with van der Waals surface area (Å²) in [7, 11) is -1.37. The molecule has 1 aromatic carbocycles. The molecular weight excluding hydrogens is 448 g/mol. The first kappa shape index (κ1) is 24.0. The van der Waals surface area contributed by atoms with Crippen molar-refractivity contribution < 1.29 is 22.9 Å². The van der Waals surface area contributed by atoms with E-state index in [1.165, 1.54) is 11.3 Å². The summed E-state index contributed by atoms with van der Waals surface area (Å²) >= 11 is 1.53. The normalized spacial score (nSPS) is 11.8. The molecule has 9 heteroatoms. The maximum Gasteiger partial charge on any atom is 0.236 e. The first-order valence-electron chi connectivity index (χ1n) is 10.5. The zero-order valence-corrected chi connectivity index (χ0v) is 20.1. The van der Waals surface area contributed by atoms with Gasteiger partial charge in [-0.05, 0) is 56.3 Å². The molecule has 0 radical (unpaired) electrons. The number of rotatable bonds is 12. The van der Waals surface area contributed by atoms with Gasteiger partial charge in [0, 0.05) is 17.3 Å². The van der Waals surface area contributed by atoms with Gasteiger partial charge in [0.15, 0.2) is 11.5 Å². The minimum Gasteiger partial charge on any atom is -0.490 e. The number of carbonyl (C=O) groups excluding carboxylic acids is 1. The van der Waals surface area contributed by atoms with Gasteiger partial charge in [-0.3, -0.25) is 9.00 Å². The molecule has 172 valence electrons. The molecular formula is C23H28N2O5S2. The molecule has 2 aromatic heterocycles. The Balaban J connectivity index is 1.47. The van der Waals surface area contributed by atoms with Gasteiger partial charge < -0.3 is 19.2 Å². The Kier molecular flexibility index (Phi) is 8.87. The Morgan fingerprint density at radius 2 is 1.97 bits per heavy atom. The Morgan fingerprint density at radius 3 is 2.69 bits per heavy atom. The van der Waals surface area contributed by atoms with Crippen LogP contribution in [-0.4, -0.2) is 40.6 Å². The van der Waals surface area contributed by atoms with Crippen LogP contribution in [0.3, 0.4) is 0 Å². The van der Waals surface area contributed by atoms with E-state index in [0.717, 1.165) is 10.4 Å². The number of aryl methyl sites for hydroxylation is 1. The predicted molar refractivity (Wildman–Crippen MR) is 127 cm³/mol. The average molecular weight is 477 g/mol. The summed E-state index contributed by atoms with van der Waals surface area (Å²) in [5.74, 6) is 2.42. The molecule has 7 nitrogen and oxygen atoms in total. The summed E-state index contributed by atoms with van der Waals surface area (Å²) in [5, 5.41) is 4.78. The fourth-order valence-electron chi connectivity index (χ4n) is 3.07. The molecule has 32 heavy (non-hydrogen) atoms. The number of oxazole rings is 1. The SMILES string of the molecule is CCOc1ccc(CCNC(=O)CS(=O)Cc2nc(-c3cccs3)oc2C)cc1OCC. The second-order valence-electron chi connectivity index (χ2n) is 6.97. The Hall–Kier alpha value is -2.65. The lowest BCUT2D eigenvalue weighted by atomic mass is 10.1. The monoisotopic (exact) mass is 476 g/mol. The van der Waals surface area contributed by atoms with E-state index in [1.807, 2.05) is 49.6 Å². The number of carbonyl (C=O) groups is 1. The number of nitrogens with zero attached hydrogens (tertiary/aromatic N) is 1. The number of amides is 1. The maximum atomic E-state index is 12.5. The van der Waals surface area contributed by atoms with Gasteiger partial charge in [0.2, 0.25) is 11.8 Å². The third kappa shape index (κ3) is 6.67. The van der Waals surface area contributed by atoms with Crippen LogP contribution in [0.5, 0.6) is 11.5 Å². The Labute approximate surface area is 194 Å². The quantitative estimate of drug-likeness (QED) is 0.423. The number of benzene rings is 1. The van der Waals surface area contributed by atoms with Crippen molar-refractivity contribution in [1.82, 2.24) is 10.3 Å². The predicted octanol–water partition coefficient (Wildman–Crippen LogP) is 4.12. The number of hydrogen-bond acceptors (Lipinski definition) is 7. The van der Waals surface area contributed by atoms with Crippen LogP contribution >= 0.6 is 11.3 Å². The van der Waals surface area contributed by atoms with E-state index in [4.69, 9.17) is 13.9 Å². The van der Waals surface area contributed by atoms with Gasteiger partial charge in [0.05, 0.1) is 29.5 Å². The molecule has 0 bridgehead atoms. The van der Waals surface area contributed by atoms with Crippen LogP contribution in [-0.2, 0) is 27.8 Å². The highest BCUT2D eigenvalue weighted by molar-refractivity contribution is 7.84. The second kappa shape index (κ2) is 11.8. The summed E-state index contributed by atoms with van der Waals surface area (Å²) in [6.07, 6.45) is 0.636. The molecule has 0 aliphatic heterocycles. The van der Waals surface area contributed by atoms with Gasteiger partial charge in [-0.2, -0.15) is 0 Å². The molecule has 0 aliphatic carbocycles. The highest BCUT2D eigenvalue weighted by Crippen LogP contribution is 2.29. The van der Waals surface area contributed by atoms with Gasteiger partial charge in [-0.25, -0.2) is 4.98 Å². The molecule has 2 heterocycles. The van der Waals surface area contributed by atoms with Crippen molar-refractivity contribution in [2.75, 3.05) is 25.5 Å². The van der Waals surface area contributed by atoms with Gasteiger partial charge in [-0.15, -0.1) is 11.3 Å². The first-order valence-corrected chi connectivity index (χ1v) is 12.9. The Morgan fingerprint density at radius 1 is 1.19 bits per heavy atom. The van der Waals surface area contributed by atoms with E-state index in [-0.39, 0.29) is 17.4 Å². The zero-order valence-electron chi connectivity index (χ0n) is 18.5. The molecule has 1 unspecified atom stereocenters. The van der Waals surface area contributed by atoms with E-state index in [0.29, 0.717) is 55.0 Å². The van der Waals surface area contributed by atoms with Gasteiger partial charge >= 0.3 is 0 Å². The van der Waals surface area contributed by atoms with Crippen molar-refractivity contribution >= 4 is 28.0 Å². The van der Waals surface area contributed by atoms with Gasteiger partial charge in [0.25, 0.3) is 0 Å². The topological polar surface area (TPSA) is 90.7 Å². The second-order valence-corrected chi connectivity index (χ2v) is 9.38. The highest BCUT2D eigenvalue weighted by Gasteiger charge is 2.16. The largest absolute Gasteiger partial charge is 0.490 e. The lowest BCUT2D eigenvalue weighted by Gasteiger charge is -2.12. The van der Waals surface area contributed by atoms with Crippen LogP contribution in [0.25, 0.3) is 10.8 Å². The standard InChI is InChI=1S/C23H28N2O5S2/c1-4-28-19-9-8-17(13-20(19)29-5-2)10-11-24-22(26)15-32(27)14-18-16(3)30-23(25-18)21-7-6-12-31-21/h6-9,12-13H,4-5,10-11,14-15H2,1-3H3,(H,24,26). The van der Waals surface area contributed by atoms with Crippen molar-refractivity contribution in [1.29, 1.82) is 0 Å². The van der Waals surface area contributed by atoms with Gasteiger partial charge in [0.1, 0.15) is 11.5 Å². The van der Waals surface area contributed by atoms with Crippen molar-refractivity contribution in [3.05, 3.63) is 52.7 Å².